The van der Waals surface area contributed by atoms with E-state index in [0.717, 1.165) is 49.0 Å². The predicted molar refractivity (Wildman–Crippen MR) is 270 cm³/mol. The normalized spacial score (nSPS) is 11.2. The van der Waals surface area contributed by atoms with E-state index in [9.17, 15) is 16.8 Å². The highest BCUT2D eigenvalue weighted by Crippen LogP contribution is 2.28. The van der Waals surface area contributed by atoms with Crippen LogP contribution in [0.25, 0.3) is 0 Å². The first-order valence-corrected chi connectivity index (χ1v) is 26.1. The van der Waals surface area contributed by atoms with E-state index in [1.807, 2.05) is 153 Å². The third-order valence-corrected chi connectivity index (χ3v) is 11.6. The van der Waals surface area contributed by atoms with Crippen molar-refractivity contribution < 1.29 is 50.1 Å². The summed E-state index contributed by atoms with van der Waals surface area (Å²) in [7, 11) is 15.9. The average Bonchev–Trinajstić information content (AvgIpc) is 3.97. The molecule has 0 bridgehead atoms. The summed E-state index contributed by atoms with van der Waals surface area (Å²) in [6.07, 6.45) is 1.36. The largest absolute Gasteiger partial charge is 0.707 e. The van der Waals surface area contributed by atoms with E-state index in [-0.39, 0.29) is 0 Å². The van der Waals surface area contributed by atoms with E-state index in [4.69, 9.17) is 16.2 Å². The number of aromatic nitrogens is 6. The van der Waals surface area contributed by atoms with Crippen molar-refractivity contribution >= 4 is 119 Å². The second kappa shape index (κ2) is 28.4. The number of benzene rings is 3. The van der Waals surface area contributed by atoms with Crippen molar-refractivity contribution in [3.05, 3.63) is 72.3 Å². The van der Waals surface area contributed by atoms with Crippen molar-refractivity contribution in [1.82, 2.24) is 15.3 Å². The van der Waals surface area contributed by atoms with E-state index < -0.39 is 20.2 Å². The van der Waals surface area contributed by atoms with E-state index in [0.29, 0.717) is 22.8 Å². The molecule has 0 saturated heterocycles. The number of hydrogen-bond acceptors (Lipinski definition) is 26. The molecule has 0 spiro atoms. The minimum absolute atomic E-state index is 0.481. The summed E-state index contributed by atoms with van der Waals surface area (Å²) in [5.41, 5.74) is 12.7. The standard InChI is InChI=1S/2C13H19N6S.C11H15N6S.2CH4O4S/c1-17(2)11-8-6-10(7-9-11)14-15-12-19(5)16-13(20-12)18(3)4;1-9-8-10(6-7-11(9)18(3)4)15-16-13-19(5)17-12(14-2)20-13;1-16(2)9-6-4-8(5-7-9)13-14-11-17(3)15-10(12)18-11;2*1-6(3,4)5-2/h6-9H,1-5H3;6-8H,1-5H3,(H,14,17);4-7H,1-3H3,(H2,12,15);2*2H,1H3/q3*+1;;/p-2. The number of rotatable bonds is 13. The highest BCUT2D eigenvalue weighted by atomic mass is 32.2. The van der Waals surface area contributed by atoms with Crippen LogP contribution < -0.4 is 55.2 Å². The second-order valence-electron chi connectivity index (χ2n) is 14.9. The molecule has 6 rings (SSSR count). The molecule has 0 saturated carbocycles. The Morgan fingerprint density at radius 2 is 0.957 bits per heavy atom. The number of anilines is 6. The molecule has 0 unspecified atom stereocenters. The van der Waals surface area contributed by atoms with Gasteiger partial charge in [0, 0.05) is 80.5 Å². The maximum Gasteiger partial charge on any atom is 0.431 e. The van der Waals surface area contributed by atoms with Gasteiger partial charge in [-0.2, -0.15) is 0 Å². The molecular formula is C39H59N18O8S5+. The first-order chi connectivity index (χ1) is 32.7. The molecule has 31 heteroatoms. The third kappa shape index (κ3) is 22.0. The van der Waals surface area contributed by atoms with Crippen molar-refractivity contribution in [2.45, 2.75) is 6.92 Å². The zero-order chi connectivity index (χ0) is 52.9. The fourth-order valence-electron chi connectivity index (χ4n) is 4.74. The van der Waals surface area contributed by atoms with Crippen molar-refractivity contribution in [2.75, 3.05) is 107 Å². The summed E-state index contributed by atoms with van der Waals surface area (Å²) < 4.78 is 48.2. The molecule has 0 aliphatic heterocycles. The van der Waals surface area contributed by atoms with E-state index in [1.54, 1.807) is 21.1 Å². The molecular weight excluding hydrogens is 1010 g/mol. The Kier molecular flexibility index (Phi) is 24.2. The molecule has 3 aromatic heterocycles. The Hall–Kier alpha value is -6.32. The first-order valence-electron chi connectivity index (χ1n) is 20.0. The molecule has 0 radical (unpaired) electrons. The molecule has 3 N–H and O–H groups in total. The van der Waals surface area contributed by atoms with Crippen LogP contribution in [0.4, 0.5) is 64.9 Å². The topological polar surface area (TPSA) is 308 Å². The molecule has 70 heavy (non-hydrogen) atoms. The van der Waals surface area contributed by atoms with Crippen LogP contribution in [0.3, 0.4) is 0 Å². The fraction of sp³-hybridized carbons (Fsp3) is 0.385. The molecule has 0 fully saturated rings. The number of hydrogen-bond donors (Lipinski definition) is 2. The minimum atomic E-state index is -3.72. The highest BCUT2D eigenvalue weighted by Gasteiger charge is 2.18. The summed E-state index contributed by atoms with van der Waals surface area (Å²) in [4.78, 5) is 8.12. The Morgan fingerprint density at radius 1 is 0.571 bits per heavy atom. The lowest BCUT2D eigenvalue weighted by atomic mass is 10.1. The molecule has 382 valence electrons. The Bertz CT molecular complexity index is 2840. The average molecular weight is 1070 g/mol. The van der Waals surface area contributed by atoms with E-state index in [2.05, 4.69) is 77.9 Å². The summed E-state index contributed by atoms with van der Waals surface area (Å²) >= 11 is 4.27. The van der Waals surface area contributed by atoms with Crippen LogP contribution in [0.15, 0.2) is 97.4 Å². The maximum absolute atomic E-state index is 9.47. The van der Waals surface area contributed by atoms with Gasteiger partial charge in [0.05, 0.1) is 27.9 Å². The van der Waals surface area contributed by atoms with Crippen LogP contribution in [0, 0.1) is 6.92 Å². The Balaban J connectivity index is 0.000000322. The Labute approximate surface area is 420 Å². The summed E-state index contributed by atoms with van der Waals surface area (Å²) in [5, 5.41) is 63.1. The van der Waals surface area contributed by atoms with Gasteiger partial charge in [0.1, 0.15) is 38.2 Å². The first kappa shape index (κ1) is 59.8. The monoisotopic (exact) mass is 1070 g/mol. The van der Waals surface area contributed by atoms with Gasteiger partial charge in [-0.1, -0.05) is 15.3 Å². The van der Waals surface area contributed by atoms with Crippen LogP contribution >= 0.6 is 34.0 Å². The SMILES string of the molecule is CN(C)c1ccc(N=Nc2sc(N(C)C)n[n+]2C)cc1.CN(C)c1ccc(N=Nc2sc(N)n[n+]2C)cc1.CNc1n[n+](C)c(N=Nc2ccc(N(C)C)c(C)c2)s1.CS(=O)(=O)O[O-].CS(=O)(=O)O[O-]. The van der Waals surface area contributed by atoms with Crippen LogP contribution in [0.1, 0.15) is 5.56 Å². The van der Waals surface area contributed by atoms with Crippen molar-refractivity contribution in [1.29, 1.82) is 0 Å². The van der Waals surface area contributed by atoms with Gasteiger partial charge in [0.15, 0.2) is 0 Å². The van der Waals surface area contributed by atoms with E-state index in [1.165, 1.54) is 45.3 Å². The predicted octanol–water partition coefficient (Wildman–Crippen LogP) is 3.82. The lowest BCUT2D eigenvalue weighted by molar-refractivity contribution is -0.712. The zero-order valence-corrected chi connectivity index (χ0v) is 45.5. The van der Waals surface area contributed by atoms with Gasteiger partial charge in [0.2, 0.25) is 15.4 Å². The summed E-state index contributed by atoms with van der Waals surface area (Å²) in [5.74, 6) is 0. The summed E-state index contributed by atoms with van der Waals surface area (Å²) in [6, 6.07) is 21.8. The number of nitrogens with one attached hydrogen (secondary N) is 1. The molecule has 0 aliphatic rings. The van der Waals surface area contributed by atoms with Gasteiger partial charge in [-0.15, -0.1) is 14.0 Å². The quantitative estimate of drug-likeness (QED) is 0.0719. The van der Waals surface area contributed by atoms with Gasteiger partial charge in [0.25, 0.3) is 20.2 Å². The van der Waals surface area contributed by atoms with E-state index >= 15 is 0 Å². The maximum atomic E-state index is 9.47. The molecule has 6 aromatic rings. The number of nitrogen functional groups attached to an aromatic ring is 1. The van der Waals surface area contributed by atoms with Crippen molar-refractivity contribution in [3.63, 3.8) is 0 Å². The number of azo groups is 3. The molecule has 26 nitrogen and oxygen atoms in total. The van der Waals surface area contributed by atoms with Crippen LogP contribution in [0.2, 0.25) is 0 Å². The van der Waals surface area contributed by atoms with Gasteiger partial charge >= 0.3 is 15.4 Å². The zero-order valence-electron chi connectivity index (χ0n) is 41.4. The fourth-order valence-corrected chi connectivity index (χ4v) is 6.80. The number of nitrogens with zero attached hydrogens (tertiary/aromatic N) is 16. The number of nitrogens with two attached hydrogens (primary N) is 1. The number of aryl methyl sites for hydroxylation is 4. The lowest BCUT2D eigenvalue weighted by Gasteiger charge is -2.14. The van der Waals surface area contributed by atoms with Crippen molar-refractivity contribution in [3.8, 4) is 0 Å². The third-order valence-electron chi connectivity index (χ3n) is 8.11. The molecule has 0 atom stereocenters. The molecule has 3 heterocycles. The Morgan fingerprint density at radius 3 is 1.29 bits per heavy atom. The highest BCUT2D eigenvalue weighted by molar-refractivity contribution is 7.86. The molecule has 3 aromatic carbocycles. The van der Waals surface area contributed by atoms with Gasteiger partial charge in [-0.25, -0.2) is 16.8 Å². The van der Waals surface area contributed by atoms with Gasteiger partial charge in [-0.3, -0.25) is 0 Å². The molecule has 0 aliphatic carbocycles. The van der Waals surface area contributed by atoms with Gasteiger partial charge in [-0.05, 0) is 129 Å². The van der Waals surface area contributed by atoms with Gasteiger partial charge < -0.3 is 49.8 Å². The van der Waals surface area contributed by atoms with Crippen molar-refractivity contribution in [2.24, 2.45) is 51.8 Å². The van der Waals surface area contributed by atoms with Crippen LogP contribution in [-0.4, -0.2) is 108 Å². The summed E-state index contributed by atoms with van der Waals surface area (Å²) in [6.45, 7) is 2.07. The molecule has 0 amide bonds. The lowest BCUT2D eigenvalue weighted by Crippen LogP contribution is -2.30. The van der Waals surface area contributed by atoms with Crippen LogP contribution in [0.5, 0.6) is 0 Å². The smallest absolute Gasteiger partial charge is 0.431 e. The second-order valence-corrected chi connectivity index (χ2v) is 20.9. The van der Waals surface area contributed by atoms with Crippen LogP contribution in [-0.2, 0) is 50.0 Å². The minimum Gasteiger partial charge on any atom is -0.707 e.